The van der Waals surface area contributed by atoms with Gasteiger partial charge in [-0.05, 0) is 49.7 Å². The predicted molar refractivity (Wildman–Crippen MR) is 69.8 cm³/mol. The van der Waals surface area contributed by atoms with Crippen LogP contribution in [0.1, 0.15) is 21.6 Å². The maximum atomic E-state index is 12.0. The summed E-state index contributed by atoms with van der Waals surface area (Å²) in [7, 11) is 0. The lowest BCUT2D eigenvalue weighted by atomic mass is 10.1. The van der Waals surface area contributed by atoms with E-state index in [4.69, 9.17) is 0 Å². The third kappa shape index (κ3) is 2.66. The van der Waals surface area contributed by atoms with Gasteiger partial charge in [0.2, 0.25) is 0 Å². The molecule has 0 aliphatic rings. The zero-order valence-electron chi connectivity index (χ0n) is 10.3. The fourth-order valence-corrected chi connectivity index (χ4v) is 1.67. The first-order chi connectivity index (χ1) is 8.56. The first-order valence-electron chi connectivity index (χ1n) is 5.60. The number of aryl methyl sites for hydroxylation is 2. The highest BCUT2D eigenvalue weighted by molar-refractivity contribution is 6.04. The molecular weight excluding hydrogens is 228 g/mol. The van der Waals surface area contributed by atoms with Gasteiger partial charge in [0, 0.05) is 23.1 Å². The lowest BCUT2D eigenvalue weighted by Crippen LogP contribution is -2.13. The topological polar surface area (TPSA) is 62.2 Å². The van der Waals surface area contributed by atoms with Crippen LogP contribution in [0, 0.1) is 13.8 Å². The molecule has 18 heavy (non-hydrogen) atoms. The number of aromatic nitrogens is 1. The van der Waals surface area contributed by atoms with E-state index in [1.807, 2.05) is 13.8 Å². The molecule has 0 saturated carbocycles. The molecule has 92 valence electrons. The molecule has 0 unspecified atom stereocenters. The Morgan fingerprint density at radius 2 is 2.00 bits per heavy atom. The van der Waals surface area contributed by atoms with E-state index in [0.717, 1.165) is 11.3 Å². The second kappa shape index (κ2) is 4.87. The summed E-state index contributed by atoms with van der Waals surface area (Å²) in [6, 6.07) is 8.22. The molecule has 0 spiro atoms. The molecule has 0 aliphatic carbocycles. The van der Waals surface area contributed by atoms with Crippen LogP contribution in [0.15, 0.2) is 36.5 Å². The van der Waals surface area contributed by atoms with Crippen LogP contribution in [-0.2, 0) is 0 Å². The Morgan fingerprint density at radius 3 is 2.67 bits per heavy atom. The van der Waals surface area contributed by atoms with E-state index >= 15 is 0 Å². The van der Waals surface area contributed by atoms with Crippen LogP contribution in [0.5, 0.6) is 5.75 Å². The Hall–Kier alpha value is -2.36. The van der Waals surface area contributed by atoms with Crippen molar-refractivity contribution in [2.75, 3.05) is 5.32 Å². The first-order valence-corrected chi connectivity index (χ1v) is 5.60. The Kier molecular flexibility index (Phi) is 3.28. The quantitative estimate of drug-likeness (QED) is 0.796. The summed E-state index contributed by atoms with van der Waals surface area (Å²) >= 11 is 0. The van der Waals surface area contributed by atoms with Gasteiger partial charge in [0.1, 0.15) is 5.75 Å². The molecule has 0 saturated heterocycles. The summed E-state index contributed by atoms with van der Waals surface area (Å²) in [6.07, 6.45) is 1.61. The predicted octanol–water partition coefficient (Wildman–Crippen LogP) is 2.66. The first kappa shape index (κ1) is 12.1. The standard InChI is InChI=1S/C14H14N2O2/c1-9-7-12(17)3-4-13(9)16-14(18)11-5-6-15-10(2)8-11/h3-8,17H,1-2H3,(H,16,18). The van der Waals surface area contributed by atoms with Gasteiger partial charge in [-0.15, -0.1) is 0 Å². The van der Waals surface area contributed by atoms with E-state index in [0.29, 0.717) is 11.3 Å². The Morgan fingerprint density at radius 1 is 1.22 bits per heavy atom. The van der Waals surface area contributed by atoms with Crippen molar-refractivity contribution >= 4 is 11.6 Å². The molecule has 0 aliphatic heterocycles. The van der Waals surface area contributed by atoms with Gasteiger partial charge in [-0.2, -0.15) is 0 Å². The van der Waals surface area contributed by atoms with Crippen LogP contribution in [0.2, 0.25) is 0 Å². The summed E-state index contributed by atoms with van der Waals surface area (Å²) in [5.41, 5.74) is 2.86. The number of nitrogens with zero attached hydrogens (tertiary/aromatic N) is 1. The lowest BCUT2D eigenvalue weighted by molar-refractivity contribution is 0.102. The number of benzene rings is 1. The maximum Gasteiger partial charge on any atom is 0.255 e. The fraction of sp³-hybridized carbons (Fsp3) is 0.143. The number of rotatable bonds is 2. The third-order valence-electron chi connectivity index (χ3n) is 2.62. The average Bonchev–Trinajstić information content (AvgIpc) is 2.32. The van der Waals surface area contributed by atoms with Gasteiger partial charge in [-0.1, -0.05) is 0 Å². The van der Waals surface area contributed by atoms with Gasteiger partial charge in [0.05, 0.1) is 0 Å². The van der Waals surface area contributed by atoms with Crippen molar-refractivity contribution in [2.24, 2.45) is 0 Å². The highest BCUT2D eigenvalue weighted by Crippen LogP contribution is 2.20. The fourth-order valence-electron chi connectivity index (χ4n) is 1.67. The molecule has 2 rings (SSSR count). The molecule has 0 fully saturated rings. The Labute approximate surface area is 105 Å². The number of amides is 1. The number of phenols is 1. The minimum absolute atomic E-state index is 0.185. The van der Waals surface area contributed by atoms with Crippen molar-refractivity contribution in [2.45, 2.75) is 13.8 Å². The van der Waals surface area contributed by atoms with Crippen molar-refractivity contribution < 1.29 is 9.90 Å². The third-order valence-corrected chi connectivity index (χ3v) is 2.62. The second-order valence-electron chi connectivity index (χ2n) is 4.14. The smallest absolute Gasteiger partial charge is 0.255 e. The van der Waals surface area contributed by atoms with E-state index in [9.17, 15) is 9.90 Å². The summed E-state index contributed by atoms with van der Waals surface area (Å²) in [6.45, 7) is 3.66. The molecule has 2 aromatic rings. The summed E-state index contributed by atoms with van der Waals surface area (Å²) in [5, 5.41) is 12.1. The SMILES string of the molecule is Cc1cc(C(=O)Nc2ccc(O)cc2C)ccn1. The number of hydrogen-bond donors (Lipinski definition) is 2. The number of aromatic hydroxyl groups is 1. The molecule has 4 heteroatoms. The number of hydrogen-bond acceptors (Lipinski definition) is 3. The number of carbonyl (C=O) groups is 1. The van der Waals surface area contributed by atoms with E-state index in [-0.39, 0.29) is 11.7 Å². The molecule has 0 atom stereocenters. The highest BCUT2D eigenvalue weighted by Gasteiger charge is 2.08. The average molecular weight is 242 g/mol. The monoisotopic (exact) mass is 242 g/mol. The van der Waals surface area contributed by atoms with Crippen LogP contribution in [0.4, 0.5) is 5.69 Å². The number of pyridine rings is 1. The van der Waals surface area contributed by atoms with Crippen LogP contribution < -0.4 is 5.32 Å². The van der Waals surface area contributed by atoms with E-state index in [1.165, 1.54) is 0 Å². The molecular formula is C14H14N2O2. The molecule has 2 N–H and O–H groups in total. The van der Waals surface area contributed by atoms with Crippen LogP contribution in [-0.4, -0.2) is 16.0 Å². The van der Waals surface area contributed by atoms with Gasteiger partial charge in [0.15, 0.2) is 0 Å². The Balaban J connectivity index is 2.21. The molecule has 0 radical (unpaired) electrons. The second-order valence-corrected chi connectivity index (χ2v) is 4.14. The van der Waals surface area contributed by atoms with Gasteiger partial charge in [-0.3, -0.25) is 9.78 Å². The van der Waals surface area contributed by atoms with Crippen molar-refractivity contribution in [1.82, 2.24) is 4.98 Å². The largest absolute Gasteiger partial charge is 0.508 e. The number of anilines is 1. The van der Waals surface area contributed by atoms with Crippen molar-refractivity contribution in [3.05, 3.63) is 53.3 Å². The zero-order valence-corrected chi connectivity index (χ0v) is 10.3. The molecule has 1 heterocycles. The summed E-state index contributed by atoms with van der Waals surface area (Å²) < 4.78 is 0. The number of phenolic OH excluding ortho intramolecular Hbond substituents is 1. The number of carbonyl (C=O) groups excluding carboxylic acids is 1. The van der Waals surface area contributed by atoms with Crippen LogP contribution in [0.25, 0.3) is 0 Å². The summed E-state index contributed by atoms with van der Waals surface area (Å²) in [4.78, 5) is 16.0. The van der Waals surface area contributed by atoms with Gasteiger partial charge >= 0.3 is 0 Å². The van der Waals surface area contributed by atoms with Crippen LogP contribution >= 0.6 is 0 Å². The van der Waals surface area contributed by atoms with Gasteiger partial charge in [0.25, 0.3) is 5.91 Å². The van der Waals surface area contributed by atoms with Gasteiger partial charge in [-0.25, -0.2) is 0 Å². The van der Waals surface area contributed by atoms with Crippen molar-refractivity contribution in [3.63, 3.8) is 0 Å². The minimum atomic E-state index is -0.186. The van der Waals surface area contributed by atoms with E-state index in [1.54, 1.807) is 36.5 Å². The number of nitrogens with one attached hydrogen (secondary N) is 1. The Bertz CT molecular complexity index is 594. The zero-order chi connectivity index (χ0) is 13.1. The maximum absolute atomic E-state index is 12.0. The van der Waals surface area contributed by atoms with E-state index < -0.39 is 0 Å². The lowest BCUT2D eigenvalue weighted by Gasteiger charge is -2.08. The normalized spacial score (nSPS) is 10.1. The molecule has 1 amide bonds. The van der Waals surface area contributed by atoms with Gasteiger partial charge < -0.3 is 10.4 Å². The van der Waals surface area contributed by atoms with Crippen molar-refractivity contribution in [1.29, 1.82) is 0 Å². The molecule has 1 aromatic heterocycles. The van der Waals surface area contributed by atoms with Crippen molar-refractivity contribution in [3.8, 4) is 5.75 Å². The molecule has 0 bridgehead atoms. The summed E-state index contributed by atoms with van der Waals surface area (Å²) in [5.74, 6) is -0.000422. The minimum Gasteiger partial charge on any atom is -0.508 e. The molecule has 1 aromatic carbocycles. The van der Waals surface area contributed by atoms with E-state index in [2.05, 4.69) is 10.3 Å². The highest BCUT2D eigenvalue weighted by atomic mass is 16.3. The van der Waals surface area contributed by atoms with Crippen LogP contribution in [0.3, 0.4) is 0 Å². The molecule has 4 nitrogen and oxygen atoms in total.